The van der Waals surface area contributed by atoms with Gasteiger partial charge in [-0.05, 0) is 24.6 Å². The van der Waals surface area contributed by atoms with Crippen molar-refractivity contribution >= 4 is 28.5 Å². The Morgan fingerprint density at radius 3 is 2.50 bits per heavy atom. The molecule has 0 unspecified atom stereocenters. The van der Waals surface area contributed by atoms with Gasteiger partial charge >= 0.3 is 5.97 Å². The van der Waals surface area contributed by atoms with Crippen molar-refractivity contribution in [2.24, 2.45) is 0 Å². The highest BCUT2D eigenvalue weighted by atomic mass is 16.4. The minimum absolute atomic E-state index is 0.0641. The molecule has 0 saturated heterocycles. The molecule has 130 valence electrons. The number of fused-ring (bicyclic) bond motifs is 1. The van der Waals surface area contributed by atoms with Crippen LogP contribution in [0.4, 0.5) is 5.69 Å². The van der Waals surface area contributed by atoms with Gasteiger partial charge < -0.3 is 15.4 Å². The lowest BCUT2D eigenvalue weighted by atomic mass is 10.1. The van der Waals surface area contributed by atoms with E-state index < -0.39 is 5.97 Å². The molecule has 1 heterocycles. The molecule has 0 bridgehead atoms. The molecule has 1 amide bonds. The average Bonchev–Trinajstić information content (AvgIpc) is 3.01. The summed E-state index contributed by atoms with van der Waals surface area (Å²) in [4.78, 5) is 26.4. The fourth-order valence-corrected chi connectivity index (χ4v) is 2.88. The van der Waals surface area contributed by atoms with E-state index in [9.17, 15) is 14.7 Å². The number of hydrogen-bond donors (Lipinski definition) is 3. The number of unbranched alkanes of at least 4 members (excludes halogenated alkanes) is 6. The number of hydrogen-bond acceptors (Lipinski definition) is 2. The highest BCUT2D eigenvalue weighted by molar-refractivity contribution is 6.05. The van der Waals surface area contributed by atoms with Crippen molar-refractivity contribution in [1.82, 2.24) is 4.98 Å². The van der Waals surface area contributed by atoms with Crippen molar-refractivity contribution in [3.8, 4) is 0 Å². The van der Waals surface area contributed by atoms with E-state index in [1.165, 1.54) is 38.2 Å². The lowest BCUT2D eigenvalue weighted by Crippen LogP contribution is -2.12. The number of anilines is 1. The van der Waals surface area contributed by atoms with Gasteiger partial charge in [0, 0.05) is 29.2 Å². The Kier molecular flexibility index (Phi) is 6.85. The van der Waals surface area contributed by atoms with E-state index in [0.717, 1.165) is 12.8 Å². The smallest absolute Gasteiger partial charge is 0.336 e. The fourth-order valence-electron chi connectivity index (χ4n) is 2.88. The van der Waals surface area contributed by atoms with Crippen LogP contribution in [-0.2, 0) is 4.79 Å². The summed E-state index contributed by atoms with van der Waals surface area (Å²) in [6.45, 7) is 2.20. The number of carbonyl (C=O) groups is 2. The van der Waals surface area contributed by atoms with Crippen molar-refractivity contribution in [2.45, 2.75) is 58.3 Å². The van der Waals surface area contributed by atoms with E-state index in [1.54, 1.807) is 18.3 Å². The van der Waals surface area contributed by atoms with Gasteiger partial charge in [-0.1, -0.05) is 45.4 Å². The number of H-pyrrole nitrogens is 1. The summed E-state index contributed by atoms with van der Waals surface area (Å²) >= 11 is 0. The third-order valence-corrected chi connectivity index (χ3v) is 4.19. The lowest BCUT2D eigenvalue weighted by Gasteiger charge is -2.07. The van der Waals surface area contributed by atoms with Gasteiger partial charge in [-0.2, -0.15) is 0 Å². The summed E-state index contributed by atoms with van der Waals surface area (Å²) in [5.74, 6) is -1.06. The van der Waals surface area contributed by atoms with Gasteiger partial charge in [0.25, 0.3) is 0 Å². The van der Waals surface area contributed by atoms with E-state index in [1.807, 2.05) is 0 Å². The predicted octanol–water partition coefficient (Wildman–Crippen LogP) is 4.95. The molecule has 0 saturated carbocycles. The Morgan fingerprint density at radius 1 is 1.08 bits per heavy atom. The maximum atomic E-state index is 12.0. The summed E-state index contributed by atoms with van der Waals surface area (Å²) in [5.41, 5.74) is 1.43. The third-order valence-electron chi connectivity index (χ3n) is 4.19. The highest BCUT2D eigenvalue weighted by Gasteiger charge is 2.12. The monoisotopic (exact) mass is 330 g/mol. The highest BCUT2D eigenvalue weighted by Crippen LogP contribution is 2.23. The number of carbonyl (C=O) groups excluding carboxylic acids is 1. The van der Waals surface area contributed by atoms with E-state index in [0.29, 0.717) is 23.0 Å². The van der Waals surface area contributed by atoms with Gasteiger partial charge in [-0.15, -0.1) is 0 Å². The number of carboxylic acids is 1. The van der Waals surface area contributed by atoms with Gasteiger partial charge in [0.05, 0.1) is 5.56 Å². The number of nitrogens with one attached hydrogen (secondary N) is 2. The molecule has 0 fully saturated rings. The van der Waals surface area contributed by atoms with Crippen LogP contribution in [0.3, 0.4) is 0 Å². The minimum atomic E-state index is -0.997. The van der Waals surface area contributed by atoms with Crippen LogP contribution in [0.2, 0.25) is 0 Å². The molecule has 0 spiro atoms. The molecule has 24 heavy (non-hydrogen) atoms. The number of carboxylic acid groups (broad SMARTS) is 1. The zero-order chi connectivity index (χ0) is 17.4. The Labute approximate surface area is 142 Å². The summed E-state index contributed by atoms with van der Waals surface area (Å²) < 4.78 is 0. The van der Waals surface area contributed by atoms with Crippen LogP contribution < -0.4 is 5.32 Å². The van der Waals surface area contributed by atoms with Gasteiger partial charge in [-0.3, -0.25) is 4.79 Å². The first-order valence-electron chi connectivity index (χ1n) is 8.76. The fraction of sp³-hybridized carbons (Fsp3) is 0.474. The molecule has 5 nitrogen and oxygen atoms in total. The van der Waals surface area contributed by atoms with E-state index in [2.05, 4.69) is 17.2 Å². The third kappa shape index (κ3) is 5.11. The Balaban J connectivity index is 1.83. The minimum Gasteiger partial charge on any atom is -0.478 e. The molecule has 2 aromatic rings. The number of aromatic amines is 1. The standard InChI is InChI=1S/C19H26N2O3/c1-2-3-4-5-6-7-8-9-18(22)21-14-12-16(19(23)24)15-10-11-20-17(15)13-14/h10-13,20H,2-9H2,1H3,(H,21,22)(H,23,24). The first-order valence-corrected chi connectivity index (χ1v) is 8.76. The van der Waals surface area contributed by atoms with Crippen molar-refractivity contribution < 1.29 is 14.7 Å². The molecule has 0 radical (unpaired) electrons. The second kappa shape index (κ2) is 9.11. The van der Waals surface area contributed by atoms with Gasteiger partial charge in [0.1, 0.15) is 0 Å². The van der Waals surface area contributed by atoms with Crippen LogP contribution >= 0.6 is 0 Å². The first kappa shape index (κ1) is 18.0. The van der Waals surface area contributed by atoms with Crippen LogP contribution in [0, 0.1) is 0 Å². The molecule has 0 aliphatic heterocycles. The molecule has 0 aliphatic carbocycles. The zero-order valence-corrected chi connectivity index (χ0v) is 14.2. The van der Waals surface area contributed by atoms with E-state index >= 15 is 0 Å². The number of aromatic carboxylic acids is 1. The summed E-state index contributed by atoms with van der Waals surface area (Å²) in [5, 5.41) is 12.7. The molecular formula is C19H26N2O3. The lowest BCUT2D eigenvalue weighted by molar-refractivity contribution is -0.116. The normalized spacial score (nSPS) is 10.9. The number of rotatable bonds is 10. The van der Waals surface area contributed by atoms with Crippen molar-refractivity contribution in [3.05, 3.63) is 30.0 Å². The van der Waals surface area contributed by atoms with Crippen molar-refractivity contribution in [3.63, 3.8) is 0 Å². The molecule has 5 heteroatoms. The van der Waals surface area contributed by atoms with Gasteiger partial charge in [0.2, 0.25) is 5.91 Å². The Bertz CT molecular complexity index is 691. The molecular weight excluding hydrogens is 304 g/mol. The topological polar surface area (TPSA) is 82.2 Å². The molecule has 0 atom stereocenters. The van der Waals surface area contributed by atoms with Crippen molar-refractivity contribution in [1.29, 1.82) is 0 Å². The number of amides is 1. The van der Waals surface area contributed by atoms with Gasteiger partial charge in [0.15, 0.2) is 0 Å². The maximum Gasteiger partial charge on any atom is 0.336 e. The SMILES string of the molecule is CCCCCCCCCC(=O)Nc1cc(C(=O)O)c2cc[nH]c2c1. The van der Waals surface area contributed by atoms with Crippen LogP contribution in [-0.4, -0.2) is 22.0 Å². The predicted molar refractivity (Wildman–Crippen MR) is 96.5 cm³/mol. The molecule has 3 N–H and O–H groups in total. The zero-order valence-electron chi connectivity index (χ0n) is 14.2. The van der Waals surface area contributed by atoms with Gasteiger partial charge in [-0.25, -0.2) is 4.79 Å². The Hall–Kier alpha value is -2.30. The van der Waals surface area contributed by atoms with Crippen LogP contribution in [0.1, 0.15) is 68.6 Å². The molecule has 1 aromatic carbocycles. The second-order valence-corrected chi connectivity index (χ2v) is 6.19. The summed E-state index contributed by atoms with van der Waals surface area (Å²) in [6.07, 6.45) is 10.3. The second-order valence-electron chi connectivity index (χ2n) is 6.19. The summed E-state index contributed by atoms with van der Waals surface area (Å²) in [7, 11) is 0. The van der Waals surface area contributed by atoms with Crippen LogP contribution in [0.5, 0.6) is 0 Å². The van der Waals surface area contributed by atoms with E-state index in [4.69, 9.17) is 0 Å². The van der Waals surface area contributed by atoms with E-state index in [-0.39, 0.29) is 11.5 Å². The first-order chi connectivity index (χ1) is 11.6. The molecule has 0 aliphatic rings. The summed E-state index contributed by atoms with van der Waals surface area (Å²) in [6, 6.07) is 5.01. The quantitative estimate of drug-likeness (QED) is 0.539. The Morgan fingerprint density at radius 2 is 1.79 bits per heavy atom. The maximum absolute atomic E-state index is 12.0. The molecule has 2 rings (SSSR count). The molecule has 1 aromatic heterocycles. The largest absolute Gasteiger partial charge is 0.478 e. The van der Waals surface area contributed by atoms with Crippen LogP contribution in [0.25, 0.3) is 10.9 Å². The number of aromatic nitrogens is 1. The average molecular weight is 330 g/mol. The van der Waals surface area contributed by atoms with Crippen LogP contribution in [0.15, 0.2) is 24.4 Å². The number of benzene rings is 1. The van der Waals surface area contributed by atoms with Crippen molar-refractivity contribution in [2.75, 3.05) is 5.32 Å².